The Kier molecular flexibility index (Phi) is 2.35. The third-order valence-corrected chi connectivity index (χ3v) is 1.59. The maximum Gasteiger partial charge on any atom is 0.254 e. The molecule has 0 spiro atoms. The molecule has 0 saturated carbocycles. The van der Waals surface area contributed by atoms with E-state index in [1.54, 1.807) is 13.0 Å². The number of ether oxygens (including phenoxy) is 1. The molecule has 5 nitrogen and oxygen atoms in total. The van der Waals surface area contributed by atoms with Gasteiger partial charge in [0.25, 0.3) is 5.88 Å². The van der Waals surface area contributed by atoms with E-state index in [-0.39, 0.29) is 6.61 Å². The predicted molar refractivity (Wildman–Crippen MR) is 41.7 cm³/mol. The molecule has 0 aromatic carbocycles. The Bertz CT molecular complexity index is 257. The van der Waals surface area contributed by atoms with Crippen LogP contribution in [0.15, 0.2) is 10.6 Å². The Labute approximate surface area is 70.1 Å². The highest BCUT2D eigenvalue weighted by Crippen LogP contribution is 2.20. The SMILES string of the molecule is COc1cc(C(C)(N)CO)on1. The van der Waals surface area contributed by atoms with Gasteiger partial charge in [0.15, 0.2) is 5.76 Å². The van der Waals surface area contributed by atoms with Crippen molar-refractivity contribution in [1.82, 2.24) is 5.16 Å². The molecule has 0 bridgehead atoms. The molecule has 1 unspecified atom stereocenters. The molecule has 1 atom stereocenters. The van der Waals surface area contributed by atoms with E-state index in [0.29, 0.717) is 11.6 Å². The van der Waals surface area contributed by atoms with E-state index >= 15 is 0 Å². The highest BCUT2D eigenvalue weighted by Gasteiger charge is 2.25. The second-order valence-electron chi connectivity index (χ2n) is 2.81. The molecule has 0 amide bonds. The molecule has 1 heterocycles. The molecule has 1 rings (SSSR count). The summed E-state index contributed by atoms with van der Waals surface area (Å²) in [5, 5.41) is 12.4. The first-order valence-electron chi connectivity index (χ1n) is 3.51. The Morgan fingerprint density at radius 1 is 1.83 bits per heavy atom. The first-order valence-corrected chi connectivity index (χ1v) is 3.51. The number of aliphatic hydroxyl groups is 1. The summed E-state index contributed by atoms with van der Waals surface area (Å²) < 4.78 is 9.64. The summed E-state index contributed by atoms with van der Waals surface area (Å²) in [7, 11) is 1.48. The second-order valence-corrected chi connectivity index (χ2v) is 2.81. The molecule has 3 N–H and O–H groups in total. The van der Waals surface area contributed by atoms with E-state index < -0.39 is 5.54 Å². The van der Waals surface area contributed by atoms with Crippen LogP contribution in [0.25, 0.3) is 0 Å². The summed E-state index contributed by atoms with van der Waals surface area (Å²) in [6.07, 6.45) is 0. The van der Waals surface area contributed by atoms with Crippen LogP contribution in [0.1, 0.15) is 12.7 Å². The maximum atomic E-state index is 8.88. The molecule has 1 aromatic rings. The lowest BCUT2D eigenvalue weighted by atomic mass is 10.0. The molecule has 0 aliphatic rings. The Balaban J connectivity index is 2.88. The van der Waals surface area contributed by atoms with E-state index in [9.17, 15) is 0 Å². The first-order chi connectivity index (χ1) is 5.60. The topological polar surface area (TPSA) is 81.5 Å². The smallest absolute Gasteiger partial charge is 0.254 e. The van der Waals surface area contributed by atoms with Gasteiger partial charge in [0.2, 0.25) is 0 Å². The molecule has 0 aliphatic heterocycles. The largest absolute Gasteiger partial charge is 0.479 e. The van der Waals surface area contributed by atoms with Crippen LogP contribution in [0.3, 0.4) is 0 Å². The van der Waals surface area contributed by atoms with Crippen LogP contribution in [0.4, 0.5) is 0 Å². The van der Waals surface area contributed by atoms with Crippen molar-refractivity contribution < 1.29 is 14.4 Å². The number of hydrogen-bond acceptors (Lipinski definition) is 5. The normalized spacial score (nSPS) is 15.7. The van der Waals surface area contributed by atoms with Gasteiger partial charge in [0.1, 0.15) is 0 Å². The maximum absolute atomic E-state index is 8.88. The second kappa shape index (κ2) is 3.12. The molecule has 12 heavy (non-hydrogen) atoms. The summed E-state index contributed by atoms with van der Waals surface area (Å²) >= 11 is 0. The average Bonchev–Trinajstić information content (AvgIpc) is 2.52. The average molecular weight is 172 g/mol. The molecule has 0 aliphatic carbocycles. The van der Waals surface area contributed by atoms with E-state index in [1.807, 2.05) is 0 Å². The molecule has 68 valence electrons. The van der Waals surface area contributed by atoms with Crippen molar-refractivity contribution in [2.75, 3.05) is 13.7 Å². The number of aliphatic hydroxyl groups excluding tert-OH is 1. The zero-order chi connectivity index (χ0) is 9.19. The van der Waals surface area contributed by atoms with Gasteiger partial charge in [0.05, 0.1) is 19.3 Å². The van der Waals surface area contributed by atoms with Crippen LogP contribution in [0, 0.1) is 0 Å². The number of aromatic nitrogens is 1. The van der Waals surface area contributed by atoms with Gasteiger partial charge in [-0.15, -0.1) is 0 Å². The fraction of sp³-hybridized carbons (Fsp3) is 0.571. The van der Waals surface area contributed by atoms with Crippen molar-refractivity contribution in [2.45, 2.75) is 12.5 Å². The third kappa shape index (κ3) is 1.57. The van der Waals surface area contributed by atoms with Gasteiger partial charge in [-0.1, -0.05) is 0 Å². The molecule has 0 radical (unpaired) electrons. The van der Waals surface area contributed by atoms with Crippen molar-refractivity contribution in [3.63, 3.8) is 0 Å². The molecule has 0 saturated heterocycles. The lowest BCUT2D eigenvalue weighted by Gasteiger charge is -2.16. The number of hydrogen-bond donors (Lipinski definition) is 2. The summed E-state index contributed by atoms with van der Waals surface area (Å²) in [6, 6.07) is 1.55. The molecule has 1 aromatic heterocycles. The number of rotatable bonds is 3. The minimum Gasteiger partial charge on any atom is -0.479 e. The van der Waals surface area contributed by atoms with Crippen LogP contribution in [0.2, 0.25) is 0 Å². The quantitative estimate of drug-likeness (QED) is 0.662. The van der Waals surface area contributed by atoms with Gasteiger partial charge in [-0.3, -0.25) is 0 Å². The van der Waals surface area contributed by atoms with Crippen molar-refractivity contribution >= 4 is 0 Å². The third-order valence-electron chi connectivity index (χ3n) is 1.59. The van der Waals surface area contributed by atoms with E-state index in [1.165, 1.54) is 7.11 Å². The Morgan fingerprint density at radius 3 is 2.92 bits per heavy atom. The zero-order valence-corrected chi connectivity index (χ0v) is 7.07. The van der Waals surface area contributed by atoms with Gasteiger partial charge >= 0.3 is 0 Å². The monoisotopic (exact) mass is 172 g/mol. The van der Waals surface area contributed by atoms with Crippen LogP contribution < -0.4 is 10.5 Å². The van der Waals surface area contributed by atoms with E-state index in [0.717, 1.165) is 0 Å². The predicted octanol–water partition coefficient (Wildman–Crippen LogP) is -0.151. The molecule has 5 heteroatoms. The van der Waals surface area contributed by atoms with Gasteiger partial charge in [-0.2, -0.15) is 0 Å². The summed E-state index contributed by atoms with van der Waals surface area (Å²) in [4.78, 5) is 0. The van der Waals surface area contributed by atoms with Gasteiger partial charge in [-0.05, 0) is 12.1 Å². The number of nitrogens with zero attached hydrogens (tertiary/aromatic N) is 1. The number of methoxy groups -OCH3 is 1. The zero-order valence-electron chi connectivity index (χ0n) is 7.07. The fourth-order valence-electron chi connectivity index (χ4n) is 0.702. The summed E-state index contributed by atoms with van der Waals surface area (Å²) in [6.45, 7) is 1.44. The standard InChI is InChI=1S/C7H12N2O3/c1-7(8,4-10)5-3-6(11-2)9-12-5/h3,10H,4,8H2,1-2H3. The van der Waals surface area contributed by atoms with E-state index in [4.69, 9.17) is 20.1 Å². The number of nitrogens with two attached hydrogens (primary N) is 1. The highest BCUT2D eigenvalue weighted by molar-refractivity contribution is 5.17. The van der Waals surface area contributed by atoms with Crippen molar-refractivity contribution in [3.8, 4) is 5.88 Å². The minimum absolute atomic E-state index is 0.203. The lowest BCUT2D eigenvalue weighted by molar-refractivity contribution is 0.177. The first kappa shape index (κ1) is 9.02. The molecule has 0 fully saturated rings. The van der Waals surface area contributed by atoms with Gasteiger partial charge < -0.3 is 20.1 Å². The molecular weight excluding hydrogens is 160 g/mol. The lowest BCUT2D eigenvalue weighted by Crippen LogP contribution is -2.36. The highest BCUT2D eigenvalue weighted by atomic mass is 16.5. The van der Waals surface area contributed by atoms with E-state index in [2.05, 4.69) is 5.16 Å². The van der Waals surface area contributed by atoms with Gasteiger partial charge in [0, 0.05) is 6.07 Å². The Hall–Kier alpha value is -1.07. The van der Waals surface area contributed by atoms with Crippen molar-refractivity contribution in [2.24, 2.45) is 5.73 Å². The summed E-state index contributed by atoms with van der Waals surface area (Å²) in [5.41, 5.74) is 4.77. The van der Waals surface area contributed by atoms with Crippen molar-refractivity contribution in [1.29, 1.82) is 0 Å². The van der Waals surface area contributed by atoms with Gasteiger partial charge in [-0.25, -0.2) is 0 Å². The van der Waals surface area contributed by atoms with Crippen molar-refractivity contribution in [3.05, 3.63) is 11.8 Å². The fourth-order valence-corrected chi connectivity index (χ4v) is 0.702. The Morgan fingerprint density at radius 2 is 2.50 bits per heavy atom. The van der Waals surface area contributed by atoms with Crippen LogP contribution in [-0.2, 0) is 5.54 Å². The molecular formula is C7H12N2O3. The van der Waals surface area contributed by atoms with Crippen LogP contribution in [-0.4, -0.2) is 24.0 Å². The minimum atomic E-state index is -0.899. The van der Waals surface area contributed by atoms with Crippen LogP contribution in [0.5, 0.6) is 5.88 Å². The summed E-state index contributed by atoms with van der Waals surface area (Å²) in [5.74, 6) is 0.761. The van der Waals surface area contributed by atoms with Crippen LogP contribution >= 0.6 is 0 Å².